The van der Waals surface area contributed by atoms with Crippen molar-refractivity contribution >= 4 is 16.6 Å². The van der Waals surface area contributed by atoms with E-state index < -0.39 is 24.0 Å². The number of ether oxygens (including phenoxy) is 1. The van der Waals surface area contributed by atoms with Gasteiger partial charge in [0.2, 0.25) is 5.69 Å². The Labute approximate surface area is 187 Å². The highest BCUT2D eigenvalue weighted by Gasteiger charge is 2.30. The van der Waals surface area contributed by atoms with Gasteiger partial charge in [0.25, 0.3) is 5.92 Å². The van der Waals surface area contributed by atoms with E-state index in [4.69, 9.17) is 11.3 Å². The molecule has 0 fully saturated rings. The van der Waals surface area contributed by atoms with Crippen molar-refractivity contribution in [2.75, 3.05) is 0 Å². The third-order valence-electron chi connectivity index (χ3n) is 5.13. The molecule has 0 saturated heterocycles. The SMILES string of the molecule is [C-]#[N+]c1cc(Oc2c(F)cc3[nH]ccc3c2Cc2ccc(C(F)(F)CC=C)cn2)ccc1F. The summed E-state index contributed by atoms with van der Waals surface area (Å²) < 4.78 is 62.6. The van der Waals surface area contributed by atoms with Crippen LogP contribution in [0.3, 0.4) is 0 Å². The molecule has 4 nitrogen and oxygen atoms in total. The zero-order chi connectivity index (χ0) is 23.6. The Morgan fingerprint density at radius 1 is 1.12 bits per heavy atom. The molecule has 1 N–H and O–H groups in total. The first kappa shape index (κ1) is 22.1. The van der Waals surface area contributed by atoms with Gasteiger partial charge in [0.15, 0.2) is 11.6 Å². The Hall–Kier alpha value is -4.12. The van der Waals surface area contributed by atoms with E-state index >= 15 is 4.39 Å². The molecule has 2 aromatic carbocycles. The summed E-state index contributed by atoms with van der Waals surface area (Å²) in [6.45, 7) is 10.4. The largest absolute Gasteiger partial charge is 0.455 e. The molecule has 33 heavy (non-hydrogen) atoms. The van der Waals surface area contributed by atoms with Gasteiger partial charge in [0, 0.05) is 59.0 Å². The van der Waals surface area contributed by atoms with Crippen LogP contribution in [0.5, 0.6) is 11.5 Å². The van der Waals surface area contributed by atoms with Crippen LogP contribution < -0.4 is 4.74 Å². The predicted octanol–water partition coefficient (Wildman–Crippen LogP) is 7.44. The lowest BCUT2D eigenvalue weighted by molar-refractivity contribution is -0.00121. The van der Waals surface area contributed by atoms with E-state index in [1.807, 2.05) is 0 Å². The number of aromatic nitrogens is 2. The third kappa shape index (κ3) is 4.44. The molecule has 8 heteroatoms. The number of fused-ring (bicyclic) bond motifs is 1. The molecule has 0 aliphatic carbocycles. The zero-order valence-electron chi connectivity index (χ0n) is 17.2. The summed E-state index contributed by atoms with van der Waals surface area (Å²) >= 11 is 0. The average Bonchev–Trinajstić information content (AvgIpc) is 3.25. The fraction of sp³-hybridized carbons (Fsp3) is 0.120. The molecule has 0 atom stereocenters. The lowest BCUT2D eigenvalue weighted by Gasteiger charge is -2.16. The first-order valence-electron chi connectivity index (χ1n) is 9.90. The highest BCUT2D eigenvalue weighted by Crippen LogP contribution is 2.37. The van der Waals surface area contributed by atoms with Crippen molar-refractivity contribution in [1.82, 2.24) is 9.97 Å². The van der Waals surface area contributed by atoms with Gasteiger partial charge in [-0.3, -0.25) is 4.98 Å². The number of H-pyrrole nitrogens is 1. The zero-order valence-corrected chi connectivity index (χ0v) is 17.2. The number of alkyl halides is 2. The second-order valence-electron chi connectivity index (χ2n) is 7.34. The van der Waals surface area contributed by atoms with Gasteiger partial charge in [-0.05, 0) is 36.4 Å². The van der Waals surface area contributed by atoms with E-state index in [1.54, 1.807) is 12.3 Å². The van der Waals surface area contributed by atoms with Crippen LogP contribution in [0.1, 0.15) is 23.2 Å². The Kier molecular flexibility index (Phi) is 5.88. The van der Waals surface area contributed by atoms with Crippen molar-refractivity contribution in [3.63, 3.8) is 0 Å². The number of benzene rings is 2. The van der Waals surface area contributed by atoms with Crippen molar-refractivity contribution in [3.05, 3.63) is 107 Å². The normalized spacial score (nSPS) is 11.4. The molecule has 4 aromatic rings. The van der Waals surface area contributed by atoms with Gasteiger partial charge in [-0.15, -0.1) is 6.58 Å². The smallest absolute Gasteiger partial charge is 0.278 e. The molecule has 2 heterocycles. The van der Waals surface area contributed by atoms with Crippen molar-refractivity contribution < 1.29 is 22.3 Å². The first-order valence-corrected chi connectivity index (χ1v) is 9.90. The molecule has 2 aromatic heterocycles. The molecule has 0 spiro atoms. The summed E-state index contributed by atoms with van der Waals surface area (Å²) in [6, 6.07) is 9.28. The summed E-state index contributed by atoms with van der Waals surface area (Å²) in [5.41, 5.74) is 0.872. The van der Waals surface area contributed by atoms with Crippen LogP contribution in [-0.4, -0.2) is 9.97 Å². The minimum Gasteiger partial charge on any atom is -0.455 e. The summed E-state index contributed by atoms with van der Waals surface area (Å²) in [4.78, 5) is 10.2. The number of aromatic amines is 1. The lowest BCUT2D eigenvalue weighted by atomic mass is 10.0. The number of nitrogens with one attached hydrogen (secondary N) is 1. The standard InChI is InChI=1S/C25H17F4N3O/c1-3-9-25(28,29)15-4-5-16(32-14-15)11-19-18-8-10-31-22(18)13-21(27)24(19)33-17-6-7-20(26)23(12-17)30-2/h3-8,10,12-14,31H,1,9,11H2. The summed E-state index contributed by atoms with van der Waals surface area (Å²) in [5.74, 6) is -4.51. The maximum absolute atomic E-state index is 15.0. The summed E-state index contributed by atoms with van der Waals surface area (Å²) in [7, 11) is 0. The molecule has 0 unspecified atom stereocenters. The van der Waals surface area contributed by atoms with E-state index in [1.165, 1.54) is 30.3 Å². The highest BCUT2D eigenvalue weighted by atomic mass is 19.3. The van der Waals surface area contributed by atoms with Crippen molar-refractivity contribution in [2.45, 2.75) is 18.8 Å². The molecule has 0 aliphatic heterocycles. The molecular weight excluding hydrogens is 434 g/mol. The van der Waals surface area contributed by atoms with Gasteiger partial charge in [-0.25, -0.2) is 22.4 Å². The molecular formula is C25H17F4N3O. The number of pyridine rings is 1. The number of halogens is 4. The van der Waals surface area contributed by atoms with E-state index in [0.29, 0.717) is 22.2 Å². The quantitative estimate of drug-likeness (QED) is 0.180. The number of allylic oxidation sites excluding steroid dienone is 1. The number of nitrogens with zero attached hydrogens (tertiary/aromatic N) is 2. The average molecular weight is 451 g/mol. The van der Waals surface area contributed by atoms with E-state index in [2.05, 4.69) is 21.4 Å². The molecule has 166 valence electrons. The van der Waals surface area contributed by atoms with Gasteiger partial charge in [0.05, 0.1) is 6.57 Å². The first-order chi connectivity index (χ1) is 15.8. The molecule has 0 aliphatic rings. The number of rotatable bonds is 7. The van der Waals surface area contributed by atoms with Crippen molar-refractivity contribution in [1.29, 1.82) is 0 Å². The summed E-state index contributed by atoms with van der Waals surface area (Å²) in [6.07, 6.45) is 3.45. The van der Waals surface area contributed by atoms with Crippen LogP contribution in [0, 0.1) is 18.2 Å². The Morgan fingerprint density at radius 2 is 1.94 bits per heavy atom. The van der Waals surface area contributed by atoms with E-state index in [0.717, 1.165) is 18.3 Å². The Morgan fingerprint density at radius 3 is 2.64 bits per heavy atom. The highest BCUT2D eigenvalue weighted by molar-refractivity contribution is 5.86. The monoisotopic (exact) mass is 451 g/mol. The van der Waals surface area contributed by atoms with Crippen LogP contribution in [0.15, 0.2) is 67.5 Å². The second-order valence-corrected chi connectivity index (χ2v) is 7.34. The molecule has 0 radical (unpaired) electrons. The fourth-order valence-electron chi connectivity index (χ4n) is 3.49. The topological polar surface area (TPSA) is 42.3 Å². The maximum atomic E-state index is 15.0. The van der Waals surface area contributed by atoms with Crippen molar-refractivity contribution in [2.24, 2.45) is 0 Å². The minimum atomic E-state index is -3.09. The second kappa shape index (κ2) is 8.79. The van der Waals surface area contributed by atoms with E-state index in [-0.39, 0.29) is 29.2 Å². The summed E-state index contributed by atoms with van der Waals surface area (Å²) in [5, 5.41) is 0.654. The third-order valence-corrected chi connectivity index (χ3v) is 5.13. The number of hydrogen-bond donors (Lipinski definition) is 1. The Balaban J connectivity index is 1.73. The maximum Gasteiger partial charge on any atom is 0.278 e. The molecule has 0 amide bonds. The van der Waals surface area contributed by atoms with Gasteiger partial charge >= 0.3 is 0 Å². The molecule has 0 saturated carbocycles. The van der Waals surface area contributed by atoms with Crippen LogP contribution in [-0.2, 0) is 12.3 Å². The van der Waals surface area contributed by atoms with Crippen LogP contribution >= 0.6 is 0 Å². The van der Waals surface area contributed by atoms with Gasteiger partial charge in [-0.2, -0.15) is 0 Å². The van der Waals surface area contributed by atoms with Crippen LogP contribution in [0.25, 0.3) is 15.7 Å². The predicted molar refractivity (Wildman–Crippen MR) is 117 cm³/mol. The molecule has 4 rings (SSSR count). The van der Waals surface area contributed by atoms with Crippen molar-refractivity contribution in [3.8, 4) is 11.5 Å². The molecule has 0 bridgehead atoms. The minimum absolute atomic E-state index is 0.0878. The van der Waals surface area contributed by atoms with Crippen LogP contribution in [0.2, 0.25) is 0 Å². The number of hydrogen-bond acceptors (Lipinski definition) is 2. The Bertz CT molecular complexity index is 1370. The fourth-order valence-corrected chi connectivity index (χ4v) is 3.49. The van der Waals surface area contributed by atoms with Gasteiger partial charge < -0.3 is 9.72 Å². The lowest BCUT2D eigenvalue weighted by Crippen LogP contribution is -2.12. The van der Waals surface area contributed by atoms with Crippen LogP contribution in [0.4, 0.5) is 23.2 Å². The van der Waals surface area contributed by atoms with Gasteiger partial charge in [0.1, 0.15) is 11.6 Å². The van der Waals surface area contributed by atoms with Gasteiger partial charge in [-0.1, -0.05) is 6.08 Å². The van der Waals surface area contributed by atoms with E-state index in [9.17, 15) is 13.2 Å².